The van der Waals surface area contributed by atoms with Gasteiger partial charge >= 0.3 is 0 Å². The molecule has 1 aromatic heterocycles. The average molecular weight is 363 g/mol. The summed E-state index contributed by atoms with van der Waals surface area (Å²) in [7, 11) is 2.06. The third-order valence-electron chi connectivity index (χ3n) is 4.96. The van der Waals surface area contributed by atoms with Gasteiger partial charge in [-0.1, -0.05) is 36.4 Å². The monoisotopic (exact) mass is 363 g/mol. The Balaban J connectivity index is 1.72. The van der Waals surface area contributed by atoms with Gasteiger partial charge in [0.15, 0.2) is 0 Å². The van der Waals surface area contributed by atoms with Gasteiger partial charge in [0.1, 0.15) is 5.69 Å². The van der Waals surface area contributed by atoms with E-state index in [-0.39, 0.29) is 10.6 Å². The van der Waals surface area contributed by atoms with E-state index in [0.29, 0.717) is 11.4 Å². The average Bonchev–Trinajstić information content (AvgIpc) is 3.09. The lowest BCUT2D eigenvalue weighted by atomic mass is 10.1. The smallest absolute Gasteiger partial charge is 0.293 e. The molecule has 3 aromatic rings. The van der Waals surface area contributed by atoms with Crippen LogP contribution in [0.2, 0.25) is 0 Å². The molecule has 2 aromatic carbocycles. The van der Waals surface area contributed by atoms with Crippen molar-refractivity contribution in [1.29, 1.82) is 0 Å². The zero-order valence-electron chi connectivity index (χ0n) is 15.1. The highest BCUT2D eigenvalue weighted by Crippen LogP contribution is 2.34. The number of nitro groups is 1. The molecule has 2 heterocycles. The Bertz CT molecular complexity index is 988. The molecular formula is C20H21N5O2. The number of H-pyrrole nitrogens is 1. The number of nitrogens with zero attached hydrogens (tertiary/aromatic N) is 4. The highest BCUT2D eigenvalue weighted by atomic mass is 16.6. The summed E-state index contributed by atoms with van der Waals surface area (Å²) in [4.78, 5) is 15.7. The summed E-state index contributed by atoms with van der Waals surface area (Å²) in [6.07, 6.45) is 3.84. The first-order valence-electron chi connectivity index (χ1n) is 8.95. The molecule has 138 valence electrons. The fourth-order valence-electron chi connectivity index (χ4n) is 3.38. The van der Waals surface area contributed by atoms with Crippen molar-refractivity contribution in [2.45, 2.75) is 0 Å². The van der Waals surface area contributed by atoms with Crippen molar-refractivity contribution < 1.29 is 4.92 Å². The van der Waals surface area contributed by atoms with E-state index in [9.17, 15) is 10.1 Å². The Kier molecular flexibility index (Phi) is 4.60. The Morgan fingerprint density at radius 3 is 2.56 bits per heavy atom. The Labute approximate surface area is 157 Å². The second-order valence-electron chi connectivity index (χ2n) is 6.79. The maximum atomic E-state index is 11.7. The first-order valence-corrected chi connectivity index (χ1v) is 8.95. The molecule has 0 aliphatic carbocycles. The standard InChI is InChI=1S/C20H21N5O2/c1-23-9-11-24(12-10-23)19-14-18-16(13-20(19)25(26)27)17(21-22-18)8-7-15-5-3-2-4-6-15/h2-8,13-14H,9-12H2,1H3,(H,21,22)/b8-7+. The van der Waals surface area contributed by atoms with E-state index in [1.54, 1.807) is 6.07 Å². The topological polar surface area (TPSA) is 78.3 Å². The van der Waals surface area contributed by atoms with Gasteiger partial charge in [-0.3, -0.25) is 15.2 Å². The predicted octanol–water partition coefficient (Wildman–Crippen LogP) is 3.39. The molecule has 0 amide bonds. The van der Waals surface area contributed by atoms with E-state index in [0.717, 1.165) is 42.6 Å². The second-order valence-corrected chi connectivity index (χ2v) is 6.79. The zero-order valence-corrected chi connectivity index (χ0v) is 15.1. The fraction of sp³-hybridized carbons (Fsp3) is 0.250. The number of aromatic nitrogens is 2. The predicted molar refractivity (Wildman–Crippen MR) is 108 cm³/mol. The Morgan fingerprint density at radius 1 is 1.11 bits per heavy atom. The molecule has 1 saturated heterocycles. The van der Waals surface area contributed by atoms with Crippen molar-refractivity contribution >= 4 is 34.4 Å². The molecule has 0 atom stereocenters. The number of hydrogen-bond donors (Lipinski definition) is 1. The number of fused-ring (bicyclic) bond motifs is 1. The molecule has 7 nitrogen and oxygen atoms in total. The van der Waals surface area contributed by atoms with Gasteiger partial charge in [0.05, 0.1) is 16.1 Å². The van der Waals surface area contributed by atoms with E-state index >= 15 is 0 Å². The van der Waals surface area contributed by atoms with Crippen LogP contribution in [-0.2, 0) is 0 Å². The maximum absolute atomic E-state index is 11.7. The fourth-order valence-corrected chi connectivity index (χ4v) is 3.38. The van der Waals surface area contributed by atoms with Crippen LogP contribution in [0.4, 0.5) is 11.4 Å². The Hall–Kier alpha value is -3.19. The number of benzene rings is 2. The van der Waals surface area contributed by atoms with Crippen molar-refractivity contribution in [2.24, 2.45) is 0 Å². The first kappa shape index (κ1) is 17.2. The number of likely N-dealkylation sites (N-methyl/N-ethyl adjacent to an activating group) is 1. The van der Waals surface area contributed by atoms with Gasteiger partial charge < -0.3 is 9.80 Å². The first-order chi connectivity index (χ1) is 13.1. The molecule has 1 aliphatic heterocycles. The van der Waals surface area contributed by atoms with Crippen LogP contribution in [0.15, 0.2) is 42.5 Å². The molecule has 27 heavy (non-hydrogen) atoms. The number of anilines is 1. The number of aromatic amines is 1. The molecule has 1 aliphatic rings. The lowest BCUT2D eigenvalue weighted by Gasteiger charge is -2.33. The summed E-state index contributed by atoms with van der Waals surface area (Å²) < 4.78 is 0. The summed E-state index contributed by atoms with van der Waals surface area (Å²) in [5.74, 6) is 0. The van der Waals surface area contributed by atoms with Crippen LogP contribution in [-0.4, -0.2) is 53.2 Å². The lowest BCUT2D eigenvalue weighted by Crippen LogP contribution is -2.44. The molecule has 0 unspecified atom stereocenters. The van der Waals surface area contributed by atoms with Crippen molar-refractivity contribution in [3.8, 4) is 0 Å². The number of nitro benzene ring substituents is 1. The molecule has 7 heteroatoms. The van der Waals surface area contributed by atoms with Crippen molar-refractivity contribution in [2.75, 3.05) is 38.1 Å². The van der Waals surface area contributed by atoms with E-state index in [4.69, 9.17) is 0 Å². The van der Waals surface area contributed by atoms with E-state index in [1.165, 1.54) is 0 Å². The minimum absolute atomic E-state index is 0.128. The normalized spacial score (nSPS) is 15.7. The van der Waals surface area contributed by atoms with Gasteiger partial charge in [-0.05, 0) is 24.8 Å². The van der Waals surface area contributed by atoms with E-state index in [2.05, 4.69) is 27.0 Å². The van der Waals surface area contributed by atoms with Crippen LogP contribution in [0, 0.1) is 10.1 Å². The highest BCUT2D eigenvalue weighted by Gasteiger charge is 2.24. The van der Waals surface area contributed by atoms with Gasteiger partial charge in [-0.15, -0.1) is 0 Å². The van der Waals surface area contributed by atoms with Gasteiger partial charge in [0.25, 0.3) is 5.69 Å². The summed E-state index contributed by atoms with van der Waals surface area (Å²) in [6.45, 7) is 3.34. The second kappa shape index (κ2) is 7.20. The zero-order chi connectivity index (χ0) is 18.8. The summed E-state index contributed by atoms with van der Waals surface area (Å²) >= 11 is 0. The van der Waals surface area contributed by atoms with Crippen LogP contribution in [0.1, 0.15) is 11.3 Å². The van der Waals surface area contributed by atoms with Crippen molar-refractivity contribution in [3.05, 3.63) is 63.8 Å². The molecule has 0 radical (unpaired) electrons. The third kappa shape index (κ3) is 3.54. The molecule has 4 rings (SSSR count). The SMILES string of the molecule is CN1CCN(c2cc3[nH]nc(/C=C/c4ccccc4)c3cc2[N+](=O)[O-])CC1. The molecule has 0 saturated carbocycles. The molecule has 0 bridgehead atoms. The van der Waals surface area contributed by atoms with Gasteiger partial charge in [-0.25, -0.2) is 0 Å². The summed E-state index contributed by atoms with van der Waals surface area (Å²) in [5, 5.41) is 19.8. The van der Waals surface area contributed by atoms with Crippen molar-refractivity contribution in [3.63, 3.8) is 0 Å². The largest absolute Gasteiger partial charge is 0.363 e. The molecule has 1 N–H and O–H groups in total. The van der Waals surface area contributed by atoms with Crippen LogP contribution in [0.3, 0.4) is 0 Å². The Morgan fingerprint density at radius 2 is 1.85 bits per heavy atom. The summed E-state index contributed by atoms with van der Waals surface area (Å²) in [6, 6.07) is 13.4. The molecule has 0 spiro atoms. The van der Waals surface area contributed by atoms with Gasteiger partial charge in [0, 0.05) is 37.6 Å². The number of hydrogen-bond acceptors (Lipinski definition) is 5. The number of nitrogens with one attached hydrogen (secondary N) is 1. The van der Waals surface area contributed by atoms with Gasteiger partial charge in [0.2, 0.25) is 0 Å². The minimum atomic E-state index is -0.301. The maximum Gasteiger partial charge on any atom is 0.293 e. The van der Waals surface area contributed by atoms with Crippen LogP contribution < -0.4 is 4.90 Å². The third-order valence-corrected chi connectivity index (χ3v) is 4.96. The molecule has 1 fully saturated rings. The van der Waals surface area contributed by atoms with E-state index < -0.39 is 0 Å². The van der Waals surface area contributed by atoms with Crippen LogP contribution in [0.5, 0.6) is 0 Å². The summed E-state index contributed by atoms with van der Waals surface area (Å²) in [5.41, 5.74) is 3.34. The van der Waals surface area contributed by atoms with Crippen LogP contribution >= 0.6 is 0 Å². The number of piperazine rings is 1. The quantitative estimate of drug-likeness (QED) is 0.568. The molecular weight excluding hydrogens is 342 g/mol. The minimum Gasteiger partial charge on any atom is -0.363 e. The van der Waals surface area contributed by atoms with Gasteiger partial charge in [-0.2, -0.15) is 5.10 Å². The highest BCUT2D eigenvalue weighted by molar-refractivity contribution is 5.94. The van der Waals surface area contributed by atoms with Crippen molar-refractivity contribution in [1.82, 2.24) is 15.1 Å². The van der Waals surface area contributed by atoms with E-state index in [1.807, 2.05) is 48.6 Å². The lowest BCUT2D eigenvalue weighted by molar-refractivity contribution is -0.384. The number of rotatable bonds is 4. The van der Waals surface area contributed by atoms with Crippen LogP contribution in [0.25, 0.3) is 23.1 Å².